The highest BCUT2D eigenvalue weighted by Gasteiger charge is 2.14. The molecule has 0 amide bonds. The van der Waals surface area contributed by atoms with Gasteiger partial charge in [-0.2, -0.15) is 0 Å². The minimum Gasteiger partial charge on any atom is -0.481 e. The van der Waals surface area contributed by atoms with E-state index in [0.717, 1.165) is 70.6 Å². The van der Waals surface area contributed by atoms with Gasteiger partial charge < -0.3 is 9.84 Å². The van der Waals surface area contributed by atoms with Crippen molar-refractivity contribution >= 4 is 11.9 Å². The summed E-state index contributed by atoms with van der Waals surface area (Å²) < 4.78 is 5.86. The van der Waals surface area contributed by atoms with E-state index < -0.39 is 5.97 Å². The maximum atomic E-state index is 12.4. The number of unbranched alkanes of at least 4 members (excludes halogenated alkanes) is 16. The van der Waals surface area contributed by atoms with Crippen LogP contribution < -0.4 is 0 Å². The summed E-state index contributed by atoms with van der Waals surface area (Å²) in [6, 6.07) is 0. The number of carbonyl (C=O) groups is 2. The molecule has 0 heterocycles. The van der Waals surface area contributed by atoms with Gasteiger partial charge >= 0.3 is 11.9 Å². The topological polar surface area (TPSA) is 63.6 Å². The Morgan fingerprint density at radius 1 is 0.579 bits per heavy atom. The van der Waals surface area contributed by atoms with Crippen LogP contribution in [0.1, 0.15) is 174 Å². The van der Waals surface area contributed by atoms with E-state index in [2.05, 4.69) is 38.2 Å². The highest BCUT2D eigenvalue weighted by Crippen LogP contribution is 2.17. The molecule has 0 saturated carbocycles. The number of rotatable bonds is 29. The van der Waals surface area contributed by atoms with Gasteiger partial charge in [0.2, 0.25) is 0 Å². The maximum Gasteiger partial charge on any atom is 0.306 e. The molecule has 0 aliphatic rings. The molecule has 0 spiro atoms. The molecule has 0 radical (unpaired) electrons. The second-order valence-corrected chi connectivity index (χ2v) is 11.0. The fourth-order valence-electron chi connectivity index (χ4n) is 4.74. The van der Waals surface area contributed by atoms with Gasteiger partial charge in [-0.1, -0.05) is 115 Å². The molecular weight excluding hydrogens is 472 g/mol. The molecule has 0 fully saturated rings. The number of carboxylic acid groups (broad SMARTS) is 1. The molecule has 0 rings (SSSR count). The van der Waals surface area contributed by atoms with Crippen LogP contribution in [0.5, 0.6) is 0 Å². The number of esters is 1. The SMILES string of the molecule is CCCCC/C=C\C/C=C\CCCCCCCCCC(=O)OC(CCCCC)CCCCCCCC(=O)O. The standard InChI is InChI=1S/C34H62O4/c1-3-5-7-8-9-10-11-12-13-14-15-16-17-18-19-23-27-31-34(37)38-32(28-24-6-4-2)29-25-21-20-22-26-30-33(35)36/h9-10,12-13,32H,3-8,11,14-31H2,1-2H3,(H,35,36)/b10-9-,13-12-. The van der Waals surface area contributed by atoms with E-state index in [1.165, 1.54) is 77.0 Å². The first kappa shape index (κ1) is 36.4. The van der Waals surface area contributed by atoms with Crippen LogP contribution in [0.15, 0.2) is 24.3 Å². The van der Waals surface area contributed by atoms with Gasteiger partial charge in [0.1, 0.15) is 6.10 Å². The Hall–Kier alpha value is -1.58. The third kappa shape index (κ3) is 29.0. The molecule has 0 aromatic carbocycles. The third-order valence-electron chi connectivity index (χ3n) is 7.18. The van der Waals surface area contributed by atoms with E-state index in [4.69, 9.17) is 9.84 Å². The normalized spacial score (nSPS) is 12.5. The maximum absolute atomic E-state index is 12.4. The summed E-state index contributed by atoms with van der Waals surface area (Å²) in [5.74, 6) is -0.723. The third-order valence-corrected chi connectivity index (χ3v) is 7.18. The smallest absolute Gasteiger partial charge is 0.306 e. The van der Waals surface area contributed by atoms with Crippen LogP contribution in [-0.2, 0) is 14.3 Å². The van der Waals surface area contributed by atoms with Crippen molar-refractivity contribution in [3.63, 3.8) is 0 Å². The van der Waals surface area contributed by atoms with Crippen molar-refractivity contribution in [3.05, 3.63) is 24.3 Å². The number of ether oxygens (including phenoxy) is 1. The van der Waals surface area contributed by atoms with E-state index in [9.17, 15) is 9.59 Å². The van der Waals surface area contributed by atoms with Crippen LogP contribution in [0.2, 0.25) is 0 Å². The Morgan fingerprint density at radius 2 is 1.03 bits per heavy atom. The van der Waals surface area contributed by atoms with Crippen LogP contribution in [0, 0.1) is 0 Å². The van der Waals surface area contributed by atoms with Gasteiger partial charge in [0, 0.05) is 12.8 Å². The minimum absolute atomic E-state index is 0.0180. The van der Waals surface area contributed by atoms with Gasteiger partial charge in [0.25, 0.3) is 0 Å². The highest BCUT2D eigenvalue weighted by molar-refractivity contribution is 5.69. The molecule has 0 bridgehead atoms. The summed E-state index contributed by atoms with van der Waals surface area (Å²) in [6.45, 7) is 4.45. The van der Waals surface area contributed by atoms with Crippen molar-refractivity contribution in [2.24, 2.45) is 0 Å². The van der Waals surface area contributed by atoms with E-state index in [0.29, 0.717) is 6.42 Å². The Kier molecular flexibility index (Phi) is 28.7. The molecule has 1 atom stereocenters. The molecule has 222 valence electrons. The number of carbonyl (C=O) groups excluding carboxylic acids is 1. The van der Waals surface area contributed by atoms with Crippen molar-refractivity contribution < 1.29 is 19.4 Å². The number of hydrogen-bond acceptors (Lipinski definition) is 3. The van der Waals surface area contributed by atoms with Crippen molar-refractivity contribution in [2.75, 3.05) is 0 Å². The van der Waals surface area contributed by atoms with Crippen LogP contribution in [-0.4, -0.2) is 23.1 Å². The Morgan fingerprint density at radius 3 is 1.61 bits per heavy atom. The molecule has 38 heavy (non-hydrogen) atoms. The van der Waals surface area contributed by atoms with Crippen molar-refractivity contribution in [2.45, 2.75) is 180 Å². The average Bonchev–Trinajstić information content (AvgIpc) is 2.89. The van der Waals surface area contributed by atoms with E-state index in [1.54, 1.807) is 0 Å². The zero-order chi connectivity index (χ0) is 27.9. The average molecular weight is 535 g/mol. The van der Waals surface area contributed by atoms with Crippen LogP contribution in [0.3, 0.4) is 0 Å². The summed E-state index contributed by atoms with van der Waals surface area (Å²) in [6.07, 6.45) is 36.4. The summed E-state index contributed by atoms with van der Waals surface area (Å²) in [5, 5.41) is 8.72. The molecule has 4 nitrogen and oxygen atoms in total. The fraction of sp³-hybridized carbons (Fsp3) is 0.824. The predicted molar refractivity (Wildman–Crippen MR) is 163 cm³/mol. The zero-order valence-electron chi connectivity index (χ0n) is 25.2. The molecule has 1 unspecified atom stereocenters. The molecule has 0 aromatic rings. The first-order chi connectivity index (χ1) is 18.6. The Bertz CT molecular complexity index is 581. The quantitative estimate of drug-likeness (QED) is 0.0589. The Balaban J connectivity index is 3.74. The van der Waals surface area contributed by atoms with Crippen LogP contribution in [0.4, 0.5) is 0 Å². The minimum atomic E-state index is -0.705. The van der Waals surface area contributed by atoms with E-state index in [1.807, 2.05) is 0 Å². The van der Waals surface area contributed by atoms with Gasteiger partial charge in [-0.25, -0.2) is 0 Å². The highest BCUT2D eigenvalue weighted by atomic mass is 16.5. The first-order valence-electron chi connectivity index (χ1n) is 16.3. The first-order valence-corrected chi connectivity index (χ1v) is 16.3. The number of aliphatic carboxylic acids is 1. The van der Waals surface area contributed by atoms with Gasteiger partial charge in [-0.3, -0.25) is 9.59 Å². The summed E-state index contributed by atoms with van der Waals surface area (Å²) >= 11 is 0. The number of carboxylic acids is 1. The lowest BCUT2D eigenvalue weighted by Crippen LogP contribution is -2.18. The predicted octanol–water partition coefficient (Wildman–Crippen LogP) is 10.9. The van der Waals surface area contributed by atoms with Crippen molar-refractivity contribution in [3.8, 4) is 0 Å². The fourth-order valence-corrected chi connectivity index (χ4v) is 4.74. The largest absolute Gasteiger partial charge is 0.481 e. The molecule has 4 heteroatoms. The molecule has 0 saturated heterocycles. The lowest BCUT2D eigenvalue weighted by molar-refractivity contribution is -0.150. The molecule has 1 N–H and O–H groups in total. The molecule has 0 aliphatic heterocycles. The van der Waals surface area contributed by atoms with Gasteiger partial charge in [-0.15, -0.1) is 0 Å². The summed E-state index contributed by atoms with van der Waals surface area (Å²) in [4.78, 5) is 23.0. The van der Waals surface area contributed by atoms with Gasteiger partial charge in [0.15, 0.2) is 0 Å². The van der Waals surface area contributed by atoms with E-state index in [-0.39, 0.29) is 18.5 Å². The second kappa shape index (κ2) is 30.0. The van der Waals surface area contributed by atoms with Crippen LogP contribution in [0.25, 0.3) is 0 Å². The van der Waals surface area contributed by atoms with Crippen molar-refractivity contribution in [1.29, 1.82) is 0 Å². The summed E-state index contributed by atoms with van der Waals surface area (Å²) in [7, 11) is 0. The molecular formula is C34H62O4. The summed E-state index contributed by atoms with van der Waals surface area (Å²) in [5.41, 5.74) is 0. The van der Waals surface area contributed by atoms with Crippen LogP contribution >= 0.6 is 0 Å². The van der Waals surface area contributed by atoms with Crippen molar-refractivity contribution in [1.82, 2.24) is 0 Å². The number of hydrogen-bond donors (Lipinski definition) is 1. The van der Waals surface area contributed by atoms with Gasteiger partial charge in [0.05, 0.1) is 0 Å². The van der Waals surface area contributed by atoms with E-state index >= 15 is 0 Å². The lowest BCUT2D eigenvalue weighted by atomic mass is 10.0. The number of allylic oxidation sites excluding steroid dienone is 4. The molecule has 0 aliphatic carbocycles. The Labute approximate surface area is 236 Å². The zero-order valence-corrected chi connectivity index (χ0v) is 25.2. The van der Waals surface area contributed by atoms with Gasteiger partial charge in [-0.05, 0) is 70.6 Å². The lowest BCUT2D eigenvalue weighted by Gasteiger charge is -2.18. The molecule has 0 aromatic heterocycles. The second-order valence-electron chi connectivity index (χ2n) is 11.0. The monoisotopic (exact) mass is 534 g/mol.